The zero-order chi connectivity index (χ0) is 19.4. The molecule has 0 spiro atoms. The Morgan fingerprint density at radius 3 is 2.85 bits per heavy atom. The summed E-state index contributed by atoms with van der Waals surface area (Å²) in [6.07, 6.45) is 0.254. The van der Waals surface area contributed by atoms with Crippen molar-refractivity contribution in [2.45, 2.75) is 18.2 Å². The van der Waals surface area contributed by atoms with E-state index in [1.54, 1.807) is 0 Å². The third-order valence-corrected chi connectivity index (χ3v) is 4.85. The maximum atomic E-state index is 13.5. The maximum absolute atomic E-state index is 13.5. The summed E-state index contributed by atoms with van der Waals surface area (Å²) in [6, 6.07) is 3.51. The molecular formula is C15H14BrClFNO6S. The van der Waals surface area contributed by atoms with Crippen molar-refractivity contribution >= 4 is 44.8 Å². The highest BCUT2D eigenvalue weighted by Crippen LogP contribution is 2.49. The number of benzene rings is 1. The van der Waals surface area contributed by atoms with Crippen molar-refractivity contribution in [3.8, 4) is 22.8 Å². The molecule has 142 valence electrons. The summed E-state index contributed by atoms with van der Waals surface area (Å²) in [7, 11) is 0. The number of esters is 1. The van der Waals surface area contributed by atoms with E-state index >= 15 is 0 Å². The van der Waals surface area contributed by atoms with E-state index < -0.39 is 33.6 Å². The number of halogens is 3. The molecular weight excluding hydrogens is 457 g/mol. The second kappa shape index (κ2) is 8.96. The Hall–Kier alpha value is -1.46. The van der Waals surface area contributed by atoms with Crippen LogP contribution in [0.2, 0.25) is 5.02 Å². The monoisotopic (exact) mass is 469 g/mol. The Kier molecular flexibility index (Phi) is 7.18. The zero-order valence-electron chi connectivity index (χ0n) is 13.3. The summed E-state index contributed by atoms with van der Waals surface area (Å²) in [5, 5.41) is 10.5. The van der Waals surface area contributed by atoms with Gasteiger partial charge in [0.2, 0.25) is 22.8 Å². The second-order valence-corrected chi connectivity index (χ2v) is 7.39. The van der Waals surface area contributed by atoms with Crippen LogP contribution in [0.1, 0.15) is 23.9 Å². The first-order chi connectivity index (χ1) is 12.2. The van der Waals surface area contributed by atoms with Crippen molar-refractivity contribution in [2.24, 2.45) is 0 Å². The molecule has 3 N–H and O–H groups in total. The standard InChI is InChI=1S/C15H14BrClFNO6S/c1-7(20)24-15-12(21)13(9-6-8(18)2-3-11(9)17)25-14(15)10(16)4-5-19-26(22)23/h2-3,6,10,19,21H,4-5H2,1H3,(H,22,23). The van der Waals surface area contributed by atoms with Crippen molar-refractivity contribution < 1.29 is 32.2 Å². The highest BCUT2D eigenvalue weighted by Gasteiger charge is 2.29. The van der Waals surface area contributed by atoms with Crippen molar-refractivity contribution in [3.63, 3.8) is 0 Å². The summed E-state index contributed by atoms with van der Waals surface area (Å²) in [5.74, 6) is -2.15. The molecule has 0 bridgehead atoms. The van der Waals surface area contributed by atoms with Gasteiger partial charge in [0.1, 0.15) is 5.82 Å². The normalized spacial score (nSPS) is 13.4. The van der Waals surface area contributed by atoms with E-state index in [1.807, 2.05) is 0 Å². The SMILES string of the molecule is CC(=O)Oc1c(C(Br)CCNS(=O)O)oc(-c2cc(F)ccc2Cl)c1O. The lowest BCUT2D eigenvalue weighted by Crippen LogP contribution is -2.18. The van der Waals surface area contributed by atoms with Crippen molar-refractivity contribution in [1.29, 1.82) is 0 Å². The number of alkyl halides is 1. The number of nitrogens with one attached hydrogen (secondary N) is 1. The van der Waals surface area contributed by atoms with Gasteiger partial charge in [0, 0.05) is 19.0 Å². The Balaban J connectivity index is 2.45. The number of aromatic hydroxyl groups is 1. The predicted molar refractivity (Wildman–Crippen MR) is 97.1 cm³/mol. The first-order valence-corrected chi connectivity index (χ1v) is 9.58. The van der Waals surface area contributed by atoms with Crippen LogP contribution in [-0.4, -0.2) is 26.4 Å². The van der Waals surface area contributed by atoms with Gasteiger partial charge < -0.3 is 14.3 Å². The van der Waals surface area contributed by atoms with E-state index in [4.69, 9.17) is 25.3 Å². The van der Waals surface area contributed by atoms with Crippen LogP contribution in [0.15, 0.2) is 22.6 Å². The van der Waals surface area contributed by atoms with Crippen molar-refractivity contribution in [3.05, 3.63) is 34.8 Å². The number of rotatable bonds is 7. The number of hydrogen-bond acceptors (Lipinski definition) is 5. The molecule has 11 heteroatoms. The number of ether oxygens (including phenoxy) is 1. The fourth-order valence-corrected chi connectivity index (χ4v) is 3.16. The first-order valence-electron chi connectivity index (χ1n) is 7.18. The molecule has 0 saturated carbocycles. The summed E-state index contributed by atoms with van der Waals surface area (Å²) < 4.78 is 45.8. The van der Waals surface area contributed by atoms with E-state index in [-0.39, 0.29) is 40.8 Å². The van der Waals surface area contributed by atoms with Crippen LogP contribution in [-0.2, 0) is 16.1 Å². The Morgan fingerprint density at radius 1 is 1.54 bits per heavy atom. The average Bonchev–Trinajstić information content (AvgIpc) is 2.86. The van der Waals surface area contributed by atoms with Crippen LogP contribution >= 0.6 is 27.5 Å². The predicted octanol–water partition coefficient (Wildman–Crippen LogP) is 3.92. The van der Waals surface area contributed by atoms with Crippen LogP contribution < -0.4 is 9.46 Å². The molecule has 0 aliphatic heterocycles. The summed E-state index contributed by atoms with van der Waals surface area (Å²) in [6.45, 7) is 1.26. The van der Waals surface area contributed by atoms with Crippen LogP contribution in [0.3, 0.4) is 0 Å². The second-order valence-electron chi connectivity index (χ2n) is 5.09. The van der Waals surface area contributed by atoms with E-state index in [1.165, 1.54) is 6.07 Å². The van der Waals surface area contributed by atoms with Gasteiger partial charge in [0.15, 0.2) is 11.5 Å². The van der Waals surface area contributed by atoms with Gasteiger partial charge in [-0.25, -0.2) is 13.3 Å². The number of carbonyl (C=O) groups is 1. The topological polar surface area (TPSA) is 109 Å². The molecule has 2 atom stereocenters. The van der Waals surface area contributed by atoms with Gasteiger partial charge in [0.05, 0.1) is 9.85 Å². The highest BCUT2D eigenvalue weighted by atomic mass is 79.9. The van der Waals surface area contributed by atoms with Crippen LogP contribution in [0.25, 0.3) is 11.3 Å². The van der Waals surface area contributed by atoms with E-state index in [2.05, 4.69) is 20.7 Å². The fraction of sp³-hybridized carbons (Fsp3) is 0.267. The van der Waals surface area contributed by atoms with E-state index in [0.717, 1.165) is 19.1 Å². The molecule has 0 aliphatic rings. The van der Waals surface area contributed by atoms with Gasteiger partial charge in [-0.05, 0) is 24.6 Å². The minimum atomic E-state index is -2.18. The zero-order valence-corrected chi connectivity index (χ0v) is 16.5. The molecule has 0 saturated heterocycles. The quantitative estimate of drug-likeness (QED) is 0.321. The van der Waals surface area contributed by atoms with Gasteiger partial charge in [-0.15, -0.1) is 0 Å². The van der Waals surface area contributed by atoms with Crippen LogP contribution in [0.4, 0.5) is 4.39 Å². The number of furan rings is 1. The molecule has 0 aliphatic carbocycles. The fourth-order valence-electron chi connectivity index (χ4n) is 2.13. The molecule has 1 aromatic heterocycles. The molecule has 2 aromatic rings. The Labute approximate surface area is 164 Å². The van der Waals surface area contributed by atoms with Crippen molar-refractivity contribution in [1.82, 2.24) is 4.72 Å². The van der Waals surface area contributed by atoms with E-state index in [9.17, 15) is 18.5 Å². The molecule has 2 unspecified atom stereocenters. The lowest BCUT2D eigenvalue weighted by atomic mass is 10.1. The van der Waals surface area contributed by atoms with Gasteiger partial charge in [0.25, 0.3) is 0 Å². The number of carbonyl (C=O) groups excluding carboxylic acids is 1. The summed E-state index contributed by atoms with van der Waals surface area (Å²) in [4.78, 5) is 10.8. The third kappa shape index (κ3) is 5.04. The van der Waals surface area contributed by atoms with Gasteiger partial charge in [-0.1, -0.05) is 27.5 Å². The molecule has 26 heavy (non-hydrogen) atoms. The van der Waals surface area contributed by atoms with Crippen LogP contribution in [0.5, 0.6) is 11.5 Å². The molecule has 0 radical (unpaired) electrons. The lowest BCUT2D eigenvalue weighted by Gasteiger charge is -2.08. The lowest BCUT2D eigenvalue weighted by molar-refractivity contribution is -0.132. The molecule has 0 fully saturated rings. The summed E-state index contributed by atoms with van der Waals surface area (Å²) >= 11 is 7.16. The average molecular weight is 471 g/mol. The molecule has 1 heterocycles. The first kappa shape index (κ1) is 20.8. The minimum Gasteiger partial charge on any atom is -0.502 e. The molecule has 7 nitrogen and oxygen atoms in total. The molecule has 0 amide bonds. The minimum absolute atomic E-state index is 0.0542. The largest absolute Gasteiger partial charge is 0.502 e. The molecule has 2 rings (SSSR count). The Bertz CT molecular complexity index is 846. The van der Waals surface area contributed by atoms with E-state index in [0.29, 0.717) is 0 Å². The maximum Gasteiger partial charge on any atom is 0.308 e. The van der Waals surface area contributed by atoms with Gasteiger partial charge >= 0.3 is 5.97 Å². The smallest absolute Gasteiger partial charge is 0.308 e. The Morgan fingerprint density at radius 2 is 2.23 bits per heavy atom. The third-order valence-electron chi connectivity index (χ3n) is 3.19. The molecule has 1 aromatic carbocycles. The number of hydrogen-bond donors (Lipinski definition) is 3. The van der Waals surface area contributed by atoms with Crippen LogP contribution in [0, 0.1) is 5.82 Å². The van der Waals surface area contributed by atoms with Gasteiger partial charge in [-0.3, -0.25) is 9.35 Å². The summed E-state index contributed by atoms with van der Waals surface area (Å²) in [5.41, 5.74) is 0.0816. The van der Waals surface area contributed by atoms with Crippen molar-refractivity contribution in [2.75, 3.05) is 6.54 Å². The van der Waals surface area contributed by atoms with Gasteiger partial charge in [-0.2, -0.15) is 0 Å². The highest BCUT2D eigenvalue weighted by molar-refractivity contribution is 9.09.